The molecule has 19 heavy (non-hydrogen) atoms. The first kappa shape index (κ1) is 16.3. The van der Waals surface area contributed by atoms with Crippen molar-refractivity contribution in [1.29, 1.82) is 0 Å². The van der Waals surface area contributed by atoms with Crippen molar-refractivity contribution in [3.8, 4) is 0 Å². The molecule has 0 fully saturated rings. The Bertz CT molecular complexity index is 386. The van der Waals surface area contributed by atoms with Crippen molar-refractivity contribution in [2.24, 2.45) is 0 Å². The predicted molar refractivity (Wildman–Crippen MR) is 85.9 cm³/mol. The molecule has 0 radical (unpaired) electrons. The van der Waals surface area contributed by atoms with Crippen molar-refractivity contribution in [2.75, 3.05) is 18.8 Å². The molecule has 0 aliphatic heterocycles. The summed E-state index contributed by atoms with van der Waals surface area (Å²) in [6.07, 6.45) is 6.18. The van der Waals surface area contributed by atoms with Gasteiger partial charge < -0.3 is 5.73 Å². The molecular weight excluding hydrogens is 256 g/mol. The van der Waals surface area contributed by atoms with Gasteiger partial charge in [-0.05, 0) is 62.4 Å². The number of benzene rings is 1. The zero-order valence-corrected chi connectivity index (χ0v) is 13.0. The van der Waals surface area contributed by atoms with Crippen molar-refractivity contribution < 1.29 is 0 Å². The third-order valence-electron chi connectivity index (χ3n) is 3.97. The van der Waals surface area contributed by atoms with Crippen LogP contribution in [-0.4, -0.2) is 18.0 Å². The van der Waals surface area contributed by atoms with E-state index >= 15 is 0 Å². The van der Waals surface area contributed by atoms with Crippen LogP contribution in [0.2, 0.25) is 0 Å². The van der Waals surface area contributed by atoms with Crippen molar-refractivity contribution in [3.05, 3.63) is 29.3 Å². The van der Waals surface area contributed by atoms with Crippen molar-refractivity contribution in [3.63, 3.8) is 0 Å². The zero-order chi connectivity index (χ0) is 13.0. The standard InChI is InChI=1S/C16H26N2.ClH/c1-3-11-18(12-4-2)16-10-6-7-13-14(16)8-5-9-15(13)17;/h5,8-9,16H,3-4,6-7,10-12,17H2,1-2H3;1H. The predicted octanol–water partition coefficient (Wildman–Crippen LogP) is 4.19. The maximum atomic E-state index is 6.13. The number of halogens is 1. The highest BCUT2D eigenvalue weighted by molar-refractivity contribution is 5.85. The first-order chi connectivity index (χ1) is 8.77. The molecular formula is C16H27ClN2. The Morgan fingerprint density at radius 2 is 1.89 bits per heavy atom. The van der Waals surface area contributed by atoms with E-state index in [0.29, 0.717) is 6.04 Å². The van der Waals surface area contributed by atoms with Gasteiger partial charge in [-0.3, -0.25) is 4.90 Å². The summed E-state index contributed by atoms with van der Waals surface area (Å²) in [6, 6.07) is 7.04. The topological polar surface area (TPSA) is 29.3 Å². The largest absolute Gasteiger partial charge is 0.398 e. The van der Waals surface area contributed by atoms with Crippen LogP contribution in [0.1, 0.15) is 56.7 Å². The van der Waals surface area contributed by atoms with E-state index in [4.69, 9.17) is 5.73 Å². The minimum atomic E-state index is 0. The lowest BCUT2D eigenvalue weighted by molar-refractivity contribution is 0.179. The summed E-state index contributed by atoms with van der Waals surface area (Å²) in [5.74, 6) is 0. The van der Waals surface area contributed by atoms with Crippen LogP contribution >= 0.6 is 12.4 Å². The summed E-state index contributed by atoms with van der Waals surface area (Å²) < 4.78 is 0. The second-order valence-corrected chi connectivity index (χ2v) is 5.36. The van der Waals surface area contributed by atoms with Crippen molar-refractivity contribution in [2.45, 2.75) is 52.0 Å². The quantitative estimate of drug-likeness (QED) is 0.821. The number of nitrogen functional groups attached to an aromatic ring is 1. The van der Waals surface area contributed by atoms with Gasteiger partial charge in [0.15, 0.2) is 0 Å². The molecule has 2 nitrogen and oxygen atoms in total. The number of nitrogens with zero attached hydrogens (tertiary/aromatic N) is 1. The van der Waals surface area contributed by atoms with Crippen LogP contribution < -0.4 is 5.73 Å². The number of rotatable bonds is 5. The smallest absolute Gasteiger partial charge is 0.0351 e. The summed E-state index contributed by atoms with van der Waals surface area (Å²) in [7, 11) is 0. The zero-order valence-electron chi connectivity index (χ0n) is 12.2. The molecule has 0 amide bonds. The van der Waals surface area contributed by atoms with E-state index in [9.17, 15) is 0 Å². The van der Waals surface area contributed by atoms with E-state index in [1.807, 2.05) is 6.07 Å². The Hall–Kier alpha value is -0.730. The molecule has 1 aromatic carbocycles. The number of hydrogen-bond donors (Lipinski definition) is 1. The average molecular weight is 283 g/mol. The Balaban J connectivity index is 0.00000180. The van der Waals surface area contributed by atoms with Gasteiger partial charge in [0.25, 0.3) is 0 Å². The van der Waals surface area contributed by atoms with Crippen LogP contribution in [-0.2, 0) is 6.42 Å². The third-order valence-corrected chi connectivity index (χ3v) is 3.97. The maximum absolute atomic E-state index is 6.13. The molecule has 108 valence electrons. The Kier molecular flexibility index (Phi) is 6.67. The molecule has 0 saturated carbocycles. The van der Waals surface area contributed by atoms with Gasteiger partial charge in [-0.2, -0.15) is 0 Å². The molecule has 0 bridgehead atoms. The van der Waals surface area contributed by atoms with E-state index in [0.717, 1.165) is 12.1 Å². The molecule has 0 heterocycles. The lowest BCUT2D eigenvalue weighted by Gasteiger charge is -2.36. The molecule has 1 aliphatic rings. The second-order valence-electron chi connectivity index (χ2n) is 5.36. The van der Waals surface area contributed by atoms with Gasteiger partial charge in [-0.1, -0.05) is 26.0 Å². The van der Waals surface area contributed by atoms with Gasteiger partial charge >= 0.3 is 0 Å². The highest BCUT2D eigenvalue weighted by Crippen LogP contribution is 2.36. The fraction of sp³-hybridized carbons (Fsp3) is 0.625. The fourth-order valence-corrected chi connectivity index (χ4v) is 3.23. The Morgan fingerprint density at radius 3 is 2.53 bits per heavy atom. The molecule has 1 unspecified atom stereocenters. The summed E-state index contributed by atoms with van der Waals surface area (Å²) in [5, 5.41) is 0. The summed E-state index contributed by atoms with van der Waals surface area (Å²) in [6.45, 7) is 6.94. The van der Waals surface area contributed by atoms with E-state index in [1.54, 1.807) is 0 Å². The molecule has 2 N–H and O–H groups in total. The number of nitrogens with two attached hydrogens (primary N) is 1. The minimum Gasteiger partial charge on any atom is -0.398 e. The molecule has 1 aromatic rings. The van der Waals surface area contributed by atoms with Crippen LogP contribution in [0.4, 0.5) is 5.69 Å². The van der Waals surface area contributed by atoms with Crippen LogP contribution in [0.15, 0.2) is 18.2 Å². The number of hydrogen-bond acceptors (Lipinski definition) is 2. The second kappa shape index (κ2) is 7.76. The van der Waals surface area contributed by atoms with Crippen LogP contribution in [0.25, 0.3) is 0 Å². The Morgan fingerprint density at radius 1 is 1.21 bits per heavy atom. The molecule has 0 aromatic heterocycles. The molecule has 2 rings (SSSR count). The van der Waals surface area contributed by atoms with Crippen molar-refractivity contribution >= 4 is 18.1 Å². The van der Waals surface area contributed by atoms with Crippen LogP contribution in [0.5, 0.6) is 0 Å². The van der Waals surface area contributed by atoms with Gasteiger partial charge in [0.1, 0.15) is 0 Å². The van der Waals surface area contributed by atoms with E-state index in [1.165, 1.54) is 49.9 Å². The maximum Gasteiger partial charge on any atom is 0.0351 e. The normalized spacial score (nSPS) is 17.9. The summed E-state index contributed by atoms with van der Waals surface area (Å²) >= 11 is 0. The van der Waals surface area contributed by atoms with Gasteiger partial charge in [-0.25, -0.2) is 0 Å². The Labute approximate surface area is 123 Å². The monoisotopic (exact) mass is 282 g/mol. The van der Waals surface area contributed by atoms with Crippen LogP contribution in [0, 0.1) is 0 Å². The highest BCUT2D eigenvalue weighted by Gasteiger charge is 2.25. The number of anilines is 1. The lowest BCUT2D eigenvalue weighted by Crippen LogP contribution is -2.33. The van der Waals surface area contributed by atoms with E-state index in [-0.39, 0.29) is 12.4 Å². The van der Waals surface area contributed by atoms with Gasteiger partial charge in [0.05, 0.1) is 0 Å². The average Bonchev–Trinajstić information content (AvgIpc) is 2.38. The number of fused-ring (bicyclic) bond motifs is 1. The SMILES string of the molecule is CCCN(CCC)C1CCCc2c(N)cccc21.Cl. The molecule has 0 saturated heterocycles. The molecule has 3 heteroatoms. The van der Waals surface area contributed by atoms with Gasteiger partial charge in [0.2, 0.25) is 0 Å². The summed E-state index contributed by atoms with van der Waals surface area (Å²) in [4.78, 5) is 2.65. The lowest BCUT2D eigenvalue weighted by atomic mass is 9.85. The molecule has 1 atom stereocenters. The minimum absolute atomic E-state index is 0. The van der Waals surface area contributed by atoms with Gasteiger partial charge in [0, 0.05) is 11.7 Å². The van der Waals surface area contributed by atoms with E-state index < -0.39 is 0 Å². The third kappa shape index (κ3) is 3.64. The van der Waals surface area contributed by atoms with Gasteiger partial charge in [-0.15, -0.1) is 12.4 Å². The summed E-state index contributed by atoms with van der Waals surface area (Å²) in [5.41, 5.74) is 10.0. The first-order valence-electron chi connectivity index (χ1n) is 7.39. The molecule has 1 aliphatic carbocycles. The first-order valence-corrected chi connectivity index (χ1v) is 7.39. The highest BCUT2D eigenvalue weighted by atomic mass is 35.5. The van der Waals surface area contributed by atoms with E-state index in [2.05, 4.69) is 30.9 Å². The fourth-order valence-electron chi connectivity index (χ4n) is 3.23. The van der Waals surface area contributed by atoms with Crippen LogP contribution in [0.3, 0.4) is 0 Å². The van der Waals surface area contributed by atoms with Crippen molar-refractivity contribution in [1.82, 2.24) is 4.90 Å². The molecule has 0 spiro atoms.